The van der Waals surface area contributed by atoms with E-state index in [0.29, 0.717) is 6.04 Å². The van der Waals surface area contributed by atoms with Crippen LogP contribution in [0.15, 0.2) is 54.6 Å². The zero-order valence-corrected chi connectivity index (χ0v) is 12.9. The molecule has 3 atom stereocenters. The van der Waals surface area contributed by atoms with Gasteiger partial charge in [0, 0.05) is 36.4 Å². The van der Waals surface area contributed by atoms with Crippen molar-refractivity contribution >= 4 is 11.4 Å². The van der Waals surface area contributed by atoms with E-state index in [4.69, 9.17) is 0 Å². The molecule has 2 aromatic carbocycles. The van der Waals surface area contributed by atoms with Gasteiger partial charge in [-0.25, -0.2) is 0 Å². The van der Waals surface area contributed by atoms with E-state index in [9.17, 15) is 0 Å². The molecule has 0 N–H and O–H groups in total. The van der Waals surface area contributed by atoms with Crippen molar-refractivity contribution in [3.05, 3.63) is 60.2 Å². The van der Waals surface area contributed by atoms with Gasteiger partial charge in [0.25, 0.3) is 0 Å². The highest BCUT2D eigenvalue weighted by molar-refractivity contribution is 5.63. The SMILES string of the molecule is c1ccc(N2CC[C@@H]3[C@@H]4CCCN4c4ccccc4[C@@H]32)cc1. The van der Waals surface area contributed by atoms with Crippen LogP contribution >= 0.6 is 0 Å². The van der Waals surface area contributed by atoms with Crippen molar-refractivity contribution in [3.63, 3.8) is 0 Å². The second-order valence-corrected chi connectivity index (χ2v) is 6.89. The fourth-order valence-corrected chi connectivity index (χ4v) is 5.06. The molecule has 2 aromatic rings. The number of fused-ring (bicyclic) bond motifs is 6. The van der Waals surface area contributed by atoms with E-state index in [2.05, 4.69) is 64.4 Å². The molecule has 0 spiro atoms. The molecule has 2 saturated heterocycles. The molecule has 2 fully saturated rings. The van der Waals surface area contributed by atoms with Crippen LogP contribution in [0.1, 0.15) is 30.9 Å². The second kappa shape index (κ2) is 4.77. The average Bonchev–Trinajstić information content (AvgIpc) is 3.23. The number of benzene rings is 2. The first-order chi connectivity index (χ1) is 10.9. The van der Waals surface area contributed by atoms with Crippen LogP contribution in [0.25, 0.3) is 0 Å². The van der Waals surface area contributed by atoms with Gasteiger partial charge < -0.3 is 9.80 Å². The Morgan fingerprint density at radius 1 is 0.773 bits per heavy atom. The fourth-order valence-electron chi connectivity index (χ4n) is 5.06. The number of nitrogens with zero attached hydrogens (tertiary/aromatic N) is 2. The minimum Gasteiger partial charge on any atom is -0.368 e. The molecule has 0 amide bonds. The minimum absolute atomic E-state index is 0.568. The van der Waals surface area contributed by atoms with Gasteiger partial charge in [-0.2, -0.15) is 0 Å². The van der Waals surface area contributed by atoms with Crippen molar-refractivity contribution in [1.29, 1.82) is 0 Å². The van der Waals surface area contributed by atoms with Crippen LogP contribution in [0, 0.1) is 5.92 Å². The van der Waals surface area contributed by atoms with Crippen LogP contribution < -0.4 is 9.80 Å². The Morgan fingerprint density at radius 2 is 1.59 bits per heavy atom. The highest BCUT2D eigenvalue weighted by Crippen LogP contribution is 2.52. The highest BCUT2D eigenvalue weighted by atomic mass is 15.3. The van der Waals surface area contributed by atoms with Crippen LogP contribution in [-0.2, 0) is 0 Å². The van der Waals surface area contributed by atoms with Crippen molar-refractivity contribution in [2.75, 3.05) is 22.9 Å². The normalized spacial score (nSPS) is 29.2. The predicted molar refractivity (Wildman–Crippen MR) is 91.4 cm³/mol. The summed E-state index contributed by atoms with van der Waals surface area (Å²) in [5.41, 5.74) is 4.43. The molecule has 3 aliphatic rings. The molecule has 22 heavy (non-hydrogen) atoms. The van der Waals surface area contributed by atoms with Crippen molar-refractivity contribution in [3.8, 4) is 0 Å². The maximum atomic E-state index is 2.70. The Labute approximate surface area is 132 Å². The van der Waals surface area contributed by atoms with E-state index >= 15 is 0 Å². The first kappa shape index (κ1) is 12.6. The fraction of sp³-hybridized carbons (Fsp3) is 0.400. The van der Waals surface area contributed by atoms with E-state index in [0.717, 1.165) is 12.0 Å². The number of para-hydroxylation sites is 2. The van der Waals surface area contributed by atoms with Gasteiger partial charge in [-0.05, 0) is 43.0 Å². The summed E-state index contributed by atoms with van der Waals surface area (Å²) in [6.45, 7) is 2.44. The molecule has 2 nitrogen and oxygen atoms in total. The van der Waals surface area contributed by atoms with Crippen molar-refractivity contribution in [2.45, 2.75) is 31.3 Å². The van der Waals surface area contributed by atoms with Gasteiger partial charge in [-0.1, -0.05) is 36.4 Å². The molecule has 2 heteroatoms. The third-order valence-corrected chi connectivity index (χ3v) is 5.89. The number of rotatable bonds is 1. The minimum atomic E-state index is 0.568. The van der Waals surface area contributed by atoms with Gasteiger partial charge in [-0.15, -0.1) is 0 Å². The van der Waals surface area contributed by atoms with Gasteiger partial charge in [0.2, 0.25) is 0 Å². The zero-order chi connectivity index (χ0) is 14.5. The third kappa shape index (κ3) is 1.67. The lowest BCUT2D eigenvalue weighted by Gasteiger charge is -2.44. The van der Waals surface area contributed by atoms with Crippen LogP contribution in [-0.4, -0.2) is 19.1 Å². The van der Waals surface area contributed by atoms with Crippen molar-refractivity contribution in [2.24, 2.45) is 5.92 Å². The van der Waals surface area contributed by atoms with E-state index in [1.54, 1.807) is 5.56 Å². The van der Waals surface area contributed by atoms with Crippen molar-refractivity contribution in [1.82, 2.24) is 0 Å². The van der Waals surface area contributed by atoms with Gasteiger partial charge in [0.1, 0.15) is 0 Å². The topological polar surface area (TPSA) is 6.48 Å². The van der Waals surface area contributed by atoms with E-state index < -0.39 is 0 Å². The quantitative estimate of drug-likeness (QED) is 0.775. The summed E-state index contributed by atoms with van der Waals surface area (Å²) in [5.74, 6) is 0.789. The summed E-state index contributed by atoms with van der Waals surface area (Å²) >= 11 is 0. The van der Waals surface area contributed by atoms with E-state index in [-0.39, 0.29) is 0 Å². The van der Waals surface area contributed by atoms with Gasteiger partial charge in [0.05, 0.1) is 6.04 Å². The first-order valence-electron chi connectivity index (χ1n) is 8.61. The molecule has 0 aromatic heterocycles. The Balaban J connectivity index is 1.64. The Hall–Kier alpha value is -1.96. The number of hydrogen-bond acceptors (Lipinski definition) is 2. The van der Waals surface area contributed by atoms with Crippen molar-refractivity contribution < 1.29 is 0 Å². The molecule has 0 unspecified atom stereocenters. The summed E-state index contributed by atoms with van der Waals surface area (Å²) in [5, 5.41) is 0. The lowest BCUT2D eigenvalue weighted by atomic mass is 9.81. The summed E-state index contributed by atoms with van der Waals surface area (Å²) in [6, 6.07) is 21.4. The van der Waals surface area contributed by atoms with E-state index in [1.165, 1.54) is 43.7 Å². The summed E-state index contributed by atoms with van der Waals surface area (Å²) in [4.78, 5) is 5.35. The van der Waals surface area contributed by atoms with E-state index in [1.807, 2.05) is 0 Å². The molecule has 0 radical (unpaired) electrons. The van der Waals surface area contributed by atoms with Gasteiger partial charge >= 0.3 is 0 Å². The summed E-state index contributed by atoms with van der Waals surface area (Å²) in [7, 11) is 0. The number of anilines is 2. The summed E-state index contributed by atoms with van der Waals surface area (Å²) < 4.78 is 0. The van der Waals surface area contributed by atoms with Crippen LogP contribution in [0.5, 0.6) is 0 Å². The number of hydrogen-bond donors (Lipinski definition) is 0. The van der Waals surface area contributed by atoms with Crippen LogP contribution in [0.2, 0.25) is 0 Å². The molecule has 0 aliphatic carbocycles. The molecule has 0 bridgehead atoms. The lowest BCUT2D eigenvalue weighted by Crippen LogP contribution is -2.44. The standard InChI is InChI=1S/C20H22N2/c1-2-7-15(8-3-1)21-14-12-17-19-11-6-13-22(19)18-10-5-4-9-16(18)20(17)21/h1-5,7-10,17,19-20H,6,11-14H2/t17-,19+,20+/m1/s1. The zero-order valence-electron chi connectivity index (χ0n) is 12.9. The molecular weight excluding hydrogens is 268 g/mol. The Kier molecular flexibility index (Phi) is 2.73. The maximum absolute atomic E-state index is 2.70. The molecule has 5 rings (SSSR count). The molecule has 3 aliphatic heterocycles. The van der Waals surface area contributed by atoms with Gasteiger partial charge in [0.15, 0.2) is 0 Å². The summed E-state index contributed by atoms with van der Waals surface area (Å²) in [6.07, 6.45) is 4.06. The smallest absolute Gasteiger partial charge is 0.0611 e. The Bertz CT molecular complexity index is 681. The monoisotopic (exact) mass is 290 g/mol. The second-order valence-electron chi connectivity index (χ2n) is 6.89. The maximum Gasteiger partial charge on any atom is 0.0611 e. The predicted octanol–water partition coefficient (Wildman–Crippen LogP) is 4.24. The lowest BCUT2D eigenvalue weighted by molar-refractivity contribution is 0.374. The highest BCUT2D eigenvalue weighted by Gasteiger charge is 2.48. The Morgan fingerprint density at radius 3 is 2.50 bits per heavy atom. The molecular formula is C20H22N2. The largest absolute Gasteiger partial charge is 0.368 e. The average molecular weight is 290 g/mol. The first-order valence-corrected chi connectivity index (χ1v) is 8.61. The molecule has 112 valence electrons. The molecule has 0 saturated carbocycles. The van der Waals surface area contributed by atoms with Crippen LogP contribution in [0.4, 0.5) is 11.4 Å². The van der Waals surface area contributed by atoms with Gasteiger partial charge in [-0.3, -0.25) is 0 Å². The third-order valence-electron chi connectivity index (χ3n) is 5.89. The van der Waals surface area contributed by atoms with Crippen LogP contribution in [0.3, 0.4) is 0 Å². The molecule has 3 heterocycles.